The van der Waals surface area contributed by atoms with Crippen LogP contribution in [0.4, 0.5) is 45.5 Å². The zero-order valence-corrected chi connectivity index (χ0v) is 47.6. The van der Waals surface area contributed by atoms with E-state index in [1.165, 1.54) is 82.9 Å². The molecule has 3 heteroatoms. The average Bonchev–Trinajstić information content (AvgIpc) is 1.66. The second kappa shape index (κ2) is 20.2. The van der Waals surface area contributed by atoms with Crippen molar-refractivity contribution in [1.29, 1.82) is 0 Å². The molecule has 404 valence electrons. The number of hydrogen-bond donors (Lipinski definition) is 0. The molecule has 4 unspecified atom stereocenters. The summed E-state index contributed by atoms with van der Waals surface area (Å²) >= 11 is 0. The maximum absolute atomic E-state index is 2.54. The molecule has 0 aliphatic heterocycles. The highest BCUT2D eigenvalue weighted by Gasteiger charge is 2.48. The lowest BCUT2D eigenvalue weighted by molar-refractivity contribution is 0.611. The lowest BCUT2D eigenvalue weighted by Crippen LogP contribution is -2.32. The Kier molecular flexibility index (Phi) is 11.9. The number of hydrogen-bond acceptors (Lipinski definition) is 3. The first-order valence-corrected chi connectivity index (χ1v) is 29.8. The van der Waals surface area contributed by atoms with Crippen LogP contribution in [-0.2, 0) is 10.8 Å². The van der Waals surface area contributed by atoms with E-state index < -0.39 is 0 Å². The number of benzene rings is 12. The molecule has 3 nitrogen and oxygen atoms in total. The van der Waals surface area contributed by atoms with Crippen molar-refractivity contribution in [1.82, 2.24) is 0 Å². The molecule has 0 saturated heterocycles. The van der Waals surface area contributed by atoms with E-state index >= 15 is 0 Å². The standard InChI is InChI=1S/C82H61N3/c1-81(57-28-7-3-8-29-57)72-43-23-21-41-70(72)79-68-39-19-17-37-66(68)77(54-74(79)81)84(59-32-11-5-12-33-59)63-50-46-61(47-51-63)83(76-45-25-27-56-26-15-16-36-65(56)76)62-48-52-64(53-49-62)85(60-34-13-6-14-35-60)78-55-75-80(69-40-20-18-38-67(69)78)71-42-22-24-44-73(71)82(75,2)58-30-9-4-10-31-58/h3-55,66,68H,1-2H3. The smallest absolute Gasteiger partial charge is 0.0543 e. The van der Waals surface area contributed by atoms with E-state index in [1.54, 1.807) is 0 Å². The zero-order valence-electron chi connectivity index (χ0n) is 47.6. The molecule has 0 saturated carbocycles. The molecule has 85 heavy (non-hydrogen) atoms. The van der Waals surface area contributed by atoms with Crippen molar-refractivity contribution < 1.29 is 0 Å². The molecule has 0 aromatic heterocycles. The maximum Gasteiger partial charge on any atom is 0.0543 e. The van der Waals surface area contributed by atoms with Gasteiger partial charge in [0.25, 0.3) is 0 Å². The third-order valence-electron chi connectivity index (χ3n) is 19.0. The van der Waals surface area contributed by atoms with E-state index in [0.29, 0.717) is 0 Å². The van der Waals surface area contributed by atoms with Crippen LogP contribution < -0.4 is 14.7 Å². The minimum atomic E-state index is -0.377. The van der Waals surface area contributed by atoms with Crippen LogP contribution in [0.25, 0.3) is 38.2 Å². The summed E-state index contributed by atoms with van der Waals surface area (Å²) in [6.07, 6.45) is 11.9. The molecule has 0 heterocycles. The van der Waals surface area contributed by atoms with E-state index in [-0.39, 0.29) is 22.7 Å². The third kappa shape index (κ3) is 7.88. The Balaban J connectivity index is 0.839. The van der Waals surface area contributed by atoms with Gasteiger partial charge in [0.05, 0.1) is 11.4 Å². The third-order valence-corrected chi connectivity index (χ3v) is 19.0. The fraction of sp³-hybridized carbons (Fsp3) is 0.0732. The van der Waals surface area contributed by atoms with E-state index in [0.717, 1.165) is 45.5 Å². The Labute approximate surface area is 498 Å². The molecule has 4 atom stereocenters. The highest BCUT2D eigenvalue weighted by molar-refractivity contribution is 6.10. The predicted molar refractivity (Wildman–Crippen MR) is 356 cm³/mol. The molecule has 0 fully saturated rings. The van der Waals surface area contributed by atoms with Gasteiger partial charge in [-0.1, -0.05) is 231 Å². The Hall–Kier alpha value is -10.5. The zero-order chi connectivity index (χ0) is 56.6. The van der Waals surface area contributed by atoms with E-state index in [1.807, 2.05) is 0 Å². The maximum atomic E-state index is 2.54. The first-order valence-electron chi connectivity index (χ1n) is 29.8. The fourth-order valence-electron chi connectivity index (χ4n) is 15.0. The van der Waals surface area contributed by atoms with Gasteiger partial charge in [-0.15, -0.1) is 0 Å². The second-order valence-corrected chi connectivity index (χ2v) is 23.4. The lowest BCUT2D eigenvalue weighted by atomic mass is 9.68. The minimum absolute atomic E-state index is 0.107. The van der Waals surface area contributed by atoms with Crippen LogP contribution in [0.2, 0.25) is 0 Å². The minimum Gasteiger partial charge on any atom is -0.314 e. The molecule has 0 radical (unpaired) electrons. The highest BCUT2D eigenvalue weighted by Crippen LogP contribution is 2.60. The fourth-order valence-corrected chi connectivity index (χ4v) is 15.0. The van der Waals surface area contributed by atoms with Crippen LogP contribution >= 0.6 is 0 Å². The van der Waals surface area contributed by atoms with Crippen LogP contribution in [0.15, 0.2) is 333 Å². The molecule has 12 aromatic rings. The van der Waals surface area contributed by atoms with Crippen LogP contribution in [-0.4, -0.2) is 0 Å². The van der Waals surface area contributed by atoms with Crippen LogP contribution in [0.3, 0.4) is 0 Å². The Morgan fingerprint density at radius 2 is 0.753 bits per heavy atom. The Morgan fingerprint density at radius 1 is 0.318 bits per heavy atom. The van der Waals surface area contributed by atoms with E-state index in [2.05, 4.69) is 350 Å². The van der Waals surface area contributed by atoms with Crippen molar-refractivity contribution in [2.75, 3.05) is 14.7 Å². The molecule has 0 bridgehead atoms. The monoisotopic (exact) mass is 1090 g/mol. The molecule has 4 aliphatic carbocycles. The van der Waals surface area contributed by atoms with Gasteiger partial charge in [0.2, 0.25) is 0 Å². The molecular formula is C82H61N3. The van der Waals surface area contributed by atoms with Gasteiger partial charge in [-0.25, -0.2) is 0 Å². The van der Waals surface area contributed by atoms with Crippen LogP contribution in [0.1, 0.15) is 47.2 Å². The molecule has 12 aromatic carbocycles. The molecule has 4 aliphatic rings. The van der Waals surface area contributed by atoms with Crippen LogP contribution in [0, 0.1) is 11.8 Å². The lowest BCUT2D eigenvalue weighted by Gasteiger charge is -2.41. The summed E-state index contributed by atoms with van der Waals surface area (Å²) < 4.78 is 0. The van der Waals surface area contributed by atoms with E-state index in [4.69, 9.17) is 0 Å². The van der Waals surface area contributed by atoms with Gasteiger partial charge in [0.1, 0.15) is 0 Å². The summed E-state index contributed by atoms with van der Waals surface area (Å²) in [5, 5.41) is 4.82. The summed E-state index contributed by atoms with van der Waals surface area (Å²) in [6, 6.07) is 108. The molecule has 16 rings (SSSR count). The summed E-state index contributed by atoms with van der Waals surface area (Å²) in [7, 11) is 0. The molecule has 0 spiro atoms. The van der Waals surface area contributed by atoms with Crippen molar-refractivity contribution in [3.05, 3.63) is 366 Å². The first kappa shape index (κ1) is 50.3. The summed E-state index contributed by atoms with van der Waals surface area (Å²) in [5.74, 6) is 0.267. The predicted octanol–water partition coefficient (Wildman–Crippen LogP) is 21.4. The Morgan fingerprint density at radius 3 is 1.38 bits per heavy atom. The number of allylic oxidation sites excluding steroid dienone is 7. The van der Waals surface area contributed by atoms with Gasteiger partial charge >= 0.3 is 0 Å². The van der Waals surface area contributed by atoms with Gasteiger partial charge < -0.3 is 14.7 Å². The van der Waals surface area contributed by atoms with Crippen LogP contribution in [0.5, 0.6) is 0 Å². The number of fused-ring (bicyclic) bond motifs is 10. The summed E-state index contributed by atoms with van der Waals surface area (Å²) in [4.78, 5) is 7.41. The Bertz CT molecular complexity index is 4670. The normalized spacial score (nSPS) is 18.7. The second-order valence-electron chi connectivity index (χ2n) is 23.4. The highest BCUT2D eigenvalue weighted by atomic mass is 15.2. The van der Waals surface area contributed by atoms with Crippen molar-refractivity contribution in [3.63, 3.8) is 0 Å². The quantitative estimate of drug-likeness (QED) is 0.128. The first-order chi connectivity index (χ1) is 42.0. The van der Waals surface area contributed by atoms with Gasteiger partial charge in [0, 0.05) is 73.3 Å². The topological polar surface area (TPSA) is 9.72 Å². The largest absolute Gasteiger partial charge is 0.314 e. The summed E-state index contributed by atoms with van der Waals surface area (Å²) in [6.45, 7) is 4.85. The van der Waals surface area contributed by atoms with Gasteiger partial charge in [0.15, 0.2) is 0 Å². The number of para-hydroxylation sites is 2. The molecule has 0 amide bonds. The number of anilines is 8. The summed E-state index contributed by atoms with van der Waals surface area (Å²) in [5.41, 5.74) is 22.7. The number of rotatable bonds is 11. The van der Waals surface area contributed by atoms with Gasteiger partial charge in [-0.2, -0.15) is 0 Å². The van der Waals surface area contributed by atoms with Crippen molar-refractivity contribution in [3.8, 4) is 11.1 Å². The van der Waals surface area contributed by atoms with Crippen molar-refractivity contribution in [2.45, 2.75) is 24.7 Å². The average molecular weight is 1090 g/mol. The van der Waals surface area contributed by atoms with Crippen molar-refractivity contribution >= 4 is 72.6 Å². The SMILES string of the molecule is CC1(c2ccccc2)C2=C(c3ccccc31)C1C=CC=CC1C(N(c1ccccc1)c1ccc(N(c3ccc(N(c4ccccc4)c4cc5c(c6ccccc46)-c4ccccc4C5(C)c4ccccc4)cc3)c3cccc4ccccc34)cc1)=C2. The van der Waals surface area contributed by atoms with Gasteiger partial charge in [-0.3, -0.25) is 0 Å². The molecular weight excluding hydrogens is 1030 g/mol. The van der Waals surface area contributed by atoms with Crippen molar-refractivity contribution in [2.24, 2.45) is 11.8 Å². The van der Waals surface area contributed by atoms with E-state index in [9.17, 15) is 0 Å². The number of nitrogens with zero attached hydrogens (tertiary/aromatic N) is 3. The van der Waals surface area contributed by atoms with Gasteiger partial charge in [-0.05, 0) is 171 Å². The molecule has 0 N–H and O–H groups in total.